The molecule has 3 nitrogen and oxygen atoms in total. The predicted octanol–water partition coefficient (Wildman–Crippen LogP) is 1.92. The van der Waals surface area contributed by atoms with Crippen molar-refractivity contribution in [2.24, 2.45) is 0 Å². The molecular weight excluding hydrogens is 210 g/mol. The topological polar surface area (TPSA) is 47.0 Å². The van der Waals surface area contributed by atoms with E-state index in [2.05, 4.69) is 4.98 Å². The van der Waals surface area contributed by atoms with Crippen molar-refractivity contribution in [1.29, 1.82) is 0 Å². The zero-order valence-corrected chi connectivity index (χ0v) is 8.38. The molecular formula is C11H5NO2S. The van der Waals surface area contributed by atoms with E-state index in [9.17, 15) is 9.59 Å². The quantitative estimate of drug-likeness (QED) is 0.575. The van der Waals surface area contributed by atoms with Gasteiger partial charge in [0.2, 0.25) is 5.78 Å². The third kappa shape index (κ3) is 1.02. The summed E-state index contributed by atoms with van der Waals surface area (Å²) in [5.74, 6) is -0.246. The maximum atomic E-state index is 11.9. The number of fused-ring (bicyclic) bond motifs is 2. The minimum absolute atomic E-state index is 0.103. The summed E-state index contributed by atoms with van der Waals surface area (Å²) in [4.78, 5) is 28.3. The number of carbonyl (C=O) groups is 2. The first-order valence-electron chi connectivity index (χ1n) is 4.41. The summed E-state index contributed by atoms with van der Waals surface area (Å²) in [6.07, 6.45) is 1.53. The molecule has 0 amide bonds. The number of nitrogens with zero attached hydrogens (tertiary/aromatic N) is 1. The van der Waals surface area contributed by atoms with E-state index in [0.29, 0.717) is 16.0 Å². The average molecular weight is 215 g/mol. The molecule has 0 fully saturated rings. The van der Waals surface area contributed by atoms with Gasteiger partial charge in [-0.15, -0.1) is 11.3 Å². The molecule has 0 aromatic carbocycles. The van der Waals surface area contributed by atoms with Crippen LogP contribution in [0, 0.1) is 0 Å². The number of thiophene rings is 1. The smallest absolute Gasteiger partial charge is 0.222 e. The first kappa shape index (κ1) is 8.49. The molecule has 0 atom stereocenters. The molecule has 2 aromatic rings. The van der Waals surface area contributed by atoms with Crippen molar-refractivity contribution >= 4 is 22.9 Å². The number of ketones is 2. The summed E-state index contributed by atoms with van der Waals surface area (Å²) in [7, 11) is 0. The second-order valence-electron chi connectivity index (χ2n) is 3.22. The van der Waals surface area contributed by atoms with Gasteiger partial charge < -0.3 is 0 Å². The fourth-order valence-electron chi connectivity index (χ4n) is 1.69. The van der Waals surface area contributed by atoms with Crippen LogP contribution >= 0.6 is 11.3 Å². The maximum absolute atomic E-state index is 11.9. The average Bonchev–Trinajstić information content (AvgIpc) is 2.75. The largest absolute Gasteiger partial charge is 0.288 e. The first-order chi connectivity index (χ1) is 7.29. The van der Waals surface area contributed by atoms with Crippen molar-refractivity contribution in [2.45, 2.75) is 0 Å². The van der Waals surface area contributed by atoms with E-state index in [1.165, 1.54) is 17.5 Å². The van der Waals surface area contributed by atoms with E-state index >= 15 is 0 Å². The number of pyridine rings is 1. The lowest BCUT2D eigenvalue weighted by Gasteiger charge is -2.11. The molecule has 1 aliphatic rings. The molecule has 0 saturated carbocycles. The normalized spacial score (nSPS) is 13.6. The molecule has 4 heteroatoms. The molecule has 0 unspecified atom stereocenters. The van der Waals surface area contributed by atoms with Crippen LogP contribution in [0.25, 0.3) is 0 Å². The van der Waals surface area contributed by atoms with E-state index in [0.717, 1.165) is 0 Å². The Balaban J connectivity index is 2.36. The first-order valence-corrected chi connectivity index (χ1v) is 5.29. The van der Waals surface area contributed by atoms with Gasteiger partial charge in [0.15, 0.2) is 5.78 Å². The monoisotopic (exact) mass is 215 g/mol. The molecule has 3 rings (SSSR count). The molecule has 2 aromatic heterocycles. The zero-order valence-electron chi connectivity index (χ0n) is 7.56. The van der Waals surface area contributed by atoms with Crippen molar-refractivity contribution in [3.05, 3.63) is 51.5 Å². The standard InChI is InChI=1S/C11H5NO2S/c13-9-6-2-1-4-12-8(6)10(14)11-7(9)3-5-15-11/h1-5H. The van der Waals surface area contributed by atoms with Crippen LogP contribution in [0.4, 0.5) is 0 Å². The highest BCUT2D eigenvalue weighted by Gasteiger charge is 2.31. The molecule has 1 aliphatic carbocycles. The molecule has 0 spiro atoms. The summed E-state index contributed by atoms with van der Waals surface area (Å²) in [5, 5.41) is 1.76. The molecule has 0 bridgehead atoms. The highest BCUT2D eigenvalue weighted by molar-refractivity contribution is 7.12. The minimum Gasteiger partial charge on any atom is -0.288 e. The van der Waals surface area contributed by atoms with Crippen molar-refractivity contribution in [3.8, 4) is 0 Å². The number of rotatable bonds is 0. The summed E-state index contributed by atoms with van der Waals surface area (Å²) in [6.45, 7) is 0. The highest BCUT2D eigenvalue weighted by Crippen LogP contribution is 2.29. The lowest BCUT2D eigenvalue weighted by atomic mass is 9.93. The second kappa shape index (κ2) is 2.84. The van der Waals surface area contributed by atoms with Crippen LogP contribution in [-0.2, 0) is 0 Å². The number of hydrogen-bond donors (Lipinski definition) is 0. The second-order valence-corrected chi connectivity index (χ2v) is 4.14. The van der Waals surface area contributed by atoms with E-state index in [1.807, 2.05) is 0 Å². The van der Waals surface area contributed by atoms with Gasteiger partial charge in [-0.3, -0.25) is 14.6 Å². The van der Waals surface area contributed by atoms with E-state index < -0.39 is 0 Å². The van der Waals surface area contributed by atoms with Gasteiger partial charge in [0.05, 0.1) is 10.4 Å². The van der Waals surface area contributed by atoms with Crippen molar-refractivity contribution in [2.75, 3.05) is 0 Å². The van der Waals surface area contributed by atoms with E-state index in [1.54, 1.807) is 23.6 Å². The predicted molar refractivity (Wildman–Crippen MR) is 55.4 cm³/mol. The number of hydrogen-bond acceptors (Lipinski definition) is 4. The molecule has 0 radical (unpaired) electrons. The third-order valence-electron chi connectivity index (χ3n) is 2.38. The number of aromatic nitrogens is 1. The van der Waals surface area contributed by atoms with Gasteiger partial charge in [-0.25, -0.2) is 0 Å². The fourth-order valence-corrected chi connectivity index (χ4v) is 2.52. The van der Waals surface area contributed by atoms with Gasteiger partial charge in [0.25, 0.3) is 0 Å². The fraction of sp³-hybridized carbons (Fsp3) is 0. The maximum Gasteiger partial charge on any atom is 0.222 e. The summed E-state index contributed by atoms with van der Waals surface area (Å²) >= 11 is 1.29. The molecule has 0 saturated heterocycles. The van der Waals surface area contributed by atoms with Gasteiger partial charge >= 0.3 is 0 Å². The zero-order chi connectivity index (χ0) is 10.4. The van der Waals surface area contributed by atoms with Crippen LogP contribution in [0.1, 0.15) is 31.3 Å². The Morgan fingerprint density at radius 2 is 1.93 bits per heavy atom. The number of carbonyl (C=O) groups excluding carboxylic acids is 2. The molecule has 15 heavy (non-hydrogen) atoms. The Morgan fingerprint density at radius 1 is 1.07 bits per heavy atom. The van der Waals surface area contributed by atoms with E-state index in [4.69, 9.17) is 0 Å². The highest BCUT2D eigenvalue weighted by atomic mass is 32.1. The van der Waals surface area contributed by atoms with Crippen LogP contribution < -0.4 is 0 Å². The van der Waals surface area contributed by atoms with Gasteiger partial charge in [-0.2, -0.15) is 0 Å². The summed E-state index contributed by atoms with van der Waals surface area (Å²) in [5.41, 5.74) is 1.19. The van der Waals surface area contributed by atoms with Crippen molar-refractivity contribution in [1.82, 2.24) is 4.98 Å². The molecule has 0 N–H and O–H groups in total. The minimum atomic E-state index is -0.143. The van der Waals surface area contributed by atoms with Crippen LogP contribution in [0.15, 0.2) is 29.8 Å². The summed E-state index contributed by atoms with van der Waals surface area (Å²) in [6, 6.07) is 5.00. The summed E-state index contributed by atoms with van der Waals surface area (Å²) < 4.78 is 0. The molecule has 72 valence electrons. The Labute approximate surface area is 89.4 Å². The van der Waals surface area contributed by atoms with Crippen LogP contribution in [0.2, 0.25) is 0 Å². The van der Waals surface area contributed by atoms with E-state index in [-0.39, 0.29) is 17.3 Å². The Morgan fingerprint density at radius 3 is 2.80 bits per heavy atom. The SMILES string of the molecule is O=C1c2cccnc2C(=O)c2sccc21. The van der Waals surface area contributed by atoms with Gasteiger partial charge in [0.1, 0.15) is 5.69 Å². The van der Waals surface area contributed by atoms with Crippen molar-refractivity contribution in [3.63, 3.8) is 0 Å². The van der Waals surface area contributed by atoms with Crippen LogP contribution in [-0.4, -0.2) is 16.6 Å². The van der Waals surface area contributed by atoms with Gasteiger partial charge in [0, 0.05) is 11.8 Å². The lowest BCUT2D eigenvalue weighted by molar-refractivity contribution is 0.0979. The Bertz CT molecular complexity index is 536. The van der Waals surface area contributed by atoms with Crippen molar-refractivity contribution < 1.29 is 9.59 Å². The van der Waals surface area contributed by atoms with Crippen LogP contribution in [0.5, 0.6) is 0 Å². The van der Waals surface area contributed by atoms with Gasteiger partial charge in [-0.05, 0) is 23.6 Å². The lowest BCUT2D eigenvalue weighted by Crippen LogP contribution is -2.19. The van der Waals surface area contributed by atoms with Gasteiger partial charge in [-0.1, -0.05) is 0 Å². The van der Waals surface area contributed by atoms with Crippen LogP contribution in [0.3, 0.4) is 0 Å². The molecule has 0 aliphatic heterocycles. The third-order valence-corrected chi connectivity index (χ3v) is 3.30. The Hall–Kier alpha value is -1.81. The Kier molecular flexibility index (Phi) is 1.61. The molecule has 2 heterocycles.